The van der Waals surface area contributed by atoms with Crippen LogP contribution < -0.4 is 0 Å². The number of carbonyl (C=O) groups is 4. The Labute approximate surface area is 193 Å². The molecule has 0 aromatic heterocycles. The third-order valence-electron chi connectivity index (χ3n) is 7.03. The Kier molecular flexibility index (Phi) is 6.43. The highest BCUT2D eigenvalue weighted by molar-refractivity contribution is 5.99. The van der Waals surface area contributed by atoms with E-state index >= 15 is 0 Å². The van der Waals surface area contributed by atoms with Gasteiger partial charge in [-0.1, -0.05) is 18.2 Å². The highest BCUT2D eigenvalue weighted by Crippen LogP contribution is 2.43. The lowest BCUT2D eigenvalue weighted by molar-refractivity contribution is -0.149. The Balaban J connectivity index is 1.62. The molecule has 33 heavy (non-hydrogen) atoms. The summed E-state index contributed by atoms with van der Waals surface area (Å²) in [7, 11) is 0. The summed E-state index contributed by atoms with van der Waals surface area (Å²) in [6.07, 6.45) is 1.75. The van der Waals surface area contributed by atoms with Crippen LogP contribution >= 0.6 is 0 Å². The average molecular weight is 457 g/mol. The molecule has 0 saturated carbocycles. The standard InChI is InChI=1S/C24H32N4O5/c1-15(2)26-12-17(28-22(26)18-8-4-5-9-19(18)23(28)32)13-27(16(3)29)20-10-6-7-11-25(24(20)33)14-21(30)31/h4-5,8-9,15,17,20,22H,6-7,10-14H2,1-3H3,(H,30,31)/t17-,20-,22+/m0/s1. The van der Waals surface area contributed by atoms with Crippen LogP contribution in [0.1, 0.15) is 62.1 Å². The monoisotopic (exact) mass is 456 g/mol. The van der Waals surface area contributed by atoms with Gasteiger partial charge in [0.2, 0.25) is 11.8 Å². The number of aliphatic carboxylic acids is 1. The molecule has 0 aliphatic carbocycles. The van der Waals surface area contributed by atoms with Crippen LogP contribution in [0.25, 0.3) is 0 Å². The predicted octanol–water partition coefficient (Wildman–Crippen LogP) is 1.55. The third kappa shape index (κ3) is 4.21. The molecule has 0 bridgehead atoms. The van der Waals surface area contributed by atoms with Crippen LogP contribution in [0.3, 0.4) is 0 Å². The van der Waals surface area contributed by atoms with Gasteiger partial charge in [-0.15, -0.1) is 0 Å². The Morgan fingerprint density at radius 1 is 1.18 bits per heavy atom. The molecule has 1 N–H and O–H groups in total. The van der Waals surface area contributed by atoms with Crippen molar-refractivity contribution in [3.05, 3.63) is 35.4 Å². The molecule has 0 unspecified atom stereocenters. The topological polar surface area (TPSA) is 101 Å². The summed E-state index contributed by atoms with van der Waals surface area (Å²) in [5.41, 5.74) is 1.66. The lowest BCUT2D eigenvalue weighted by Gasteiger charge is -2.35. The number of hydrogen-bond acceptors (Lipinski definition) is 5. The van der Waals surface area contributed by atoms with Crippen molar-refractivity contribution in [3.63, 3.8) is 0 Å². The fourth-order valence-corrected chi connectivity index (χ4v) is 5.49. The van der Waals surface area contributed by atoms with Crippen LogP contribution in [0.15, 0.2) is 24.3 Å². The van der Waals surface area contributed by atoms with E-state index in [1.807, 2.05) is 29.2 Å². The van der Waals surface area contributed by atoms with Crippen molar-refractivity contribution >= 4 is 23.7 Å². The van der Waals surface area contributed by atoms with Crippen molar-refractivity contribution in [2.24, 2.45) is 0 Å². The molecule has 0 spiro atoms. The van der Waals surface area contributed by atoms with Gasteiger partial charge in [0.1, 0.15) is 18.8 Å². The molecule has 9 nitrogen and oxygen atoms in total. The SMILES string of the molecule is CC(=O)N(C[C@@H]1CN(C(C)C)[C@H]2c3ccccc3C(=O)N12)[C@H]1CCCCN(CC(=O)O)C1=O. The van der Waals surface area contributed by atoms with Gasteiger partial charge in [-0.05, 0) is 39.2 Å². The highest BCUT2D eigenvalue weighted by atomic mass is 16.4. The first kappa shape index (κ1) is 23.2. The summed E-state index contributed by atoms with van der Waals surface area (Å²) >= 11 is 0. The highest BCUT2D eigenvalue weighted by Gasteiger charge is 2.51. The van der Waals surface area contributed by atoms with E-state index in [2.05, 4.69) is 18.7 Å². The Morgan fingerprint density at radius 3 is 2.58 bits per heavy atom. The quantitative estimate of drug-likeness (QED) is 0.697. The summed E-state index contributed by atoms with van der Waals surface area (Å²) in [5.74, 6) is -1.68. The molecule has 0 radical (unpaired) electrons. The molecule has 1 aromatic rings. The minimum absolute atomic E-state index is 0.0491. The maximum atomic E-state index is 13.3. The zero-order valence-electron chi connectivity index (χ0n) is 19.4. The molecule has 1 aromatic carbocycles. The average Bonchev–Trinajstić information content (AvgIpc) is 3.21. The van der Waals surface area contributed by atoms with Crippen molar-refractivity contribution in [1.82, 2.24) is 19.6 Å². The number of likely N-dealkylation sites (tertiary alicyclic amines) is 1. The second kappa shape index (κ2) is 9.13. The number of carboxylic acid groups (broad SMARTS) is 1. The number of carbonyl (C=O) groups excluding carboxylic acids is 3. The molecule has 9 heteroatoms. The van der Waals surface area contributed by atoms with Crippen LogP contribution in [0.5, 0.6) is 0 Å². The smallest absolute Gasteiger partial charge is 0.323 e. The Morgan fingerprint density at radius 2 is 1.91 bits per heavy atom. The Bertz CT molecular complexity index is 964. The number of fused-ring (bicyclic) bond motifs is 3. The zero-order valence-corrected chi connectivity index (χ0v) is 19.4. The minimum atomic E-state index is -1.06. The molecular formula is C24H32N4O5. The molecule has 3 atom stereocenters. The van der Waals surface area contributed by atoms with Gasteiger partial charge >= 0.3 is 5.97 Å². The van der Waals surface area contributed by atoms with E-state index in [0.717, 1.165) is 12.0 Å². The van der Waals surface area contributed by atoms with Gasteiger partial charge in [-0.2, -0.15) is 0 Å². The van der Waals surface area contributed by atoms with Gasteiger partial charge in [-0.25, -0.2) is 0 Å². The maximum Gasteiger partial charge on any atom is 0.323 e. The lowest BCUT2D eigenvalue weighted by Crippen LogP contribution is -2.54. The first-order valence-corrected chi connectivity index (χ1v) is 11.7. The van der Waals surface area contributed by atoms with Crippen molar-refractivity contribution in [3.8, 4) is 0 Å². The van der Waals surface area contributed by atoms with Gasteiger partial charge in [0.05, 0.1) is 6.04 Å². The molecule has 3 heterocycles. The second-order valence-corrected chi connectivity index (χ2v) is 9.45. The lowest BCUT2D eigenvalue weighted by atomic mass is 10.1. The third-order valence-corrected chi connectivity index (χ3v) is 7.03. The fourth-order valence-electron chi connectivity index (χ4n) is 5.49. The normalized spacial score (nSPS) is 25.3. The largest absolute Gasteiger partial charge is 0.480 e. The molecule has 3 amide bonds. The zero-order chi connectivity index (χ0) is 23.9. The van der Waals surface area contributed by atoms with E-state index in [9.17, 15) is 24.3 Å². The molecule has 4 rings (SSSR count). The number of carboxylic acids is 1. The van der Waals surface area contributed by atoms with Gasteiger partial charge in [0, 0.05) is 43.7 Å². The van der Waals surface area contributed by atoms with E-state index < -0.39 is 12.0 Å². The van der Waals surface area contributed by atoms with E-state index in [0.29, 0.717) is 31.5 Å². The first-order valence-electron chi connectivity index (χ1n) is 11.7. The number of hydrogen-bond donors (Lipinski definition) is 1. The van der Waals surface area contributed by atoms with Crippen LogP contribution in [0.2, 0.25) is 0 Å². The van der Waals surface area contributed by atoms with Crippen LogP contribution in [0.4, 0.5) is 0 Å². The van der Waals surface area contributed by atoms with Crippen LogP contribution in [0, 0.1) is 0 Å². The van der Waals surface area contributed by atoms with E-state index in [-0.39, 0.29) is 49.1 Å². The predicted molar refractivity (Wildman–Crippen MR) is 120 cm³/mol. The number of amides is 3. The van der Waals surface area contributed by atoms with Gasteiger partial charge in [0.25, 0.3) is 5.91 Å². The number of nitrogens with zero attached hydrogens (tertiary/aromatic N) is 4. The molecule has 3 aliphatic rings. The van der Waals surface area contributed by atoms with E-state index in [1.165, 1.54) is 11.8 Å². The number of rotatable bonds is 6. The summed E-state index contributed by atoms with van der Waals surface area (Å²) in [6.45, 7) is 6.47. The molecule has 2 fully saturated rings. The van der Waals surface area contributed by atoms with E-state index in [1.54, 1.807) is 4.90 Å². The van der Waals surface area contributed by atoms with Crippen molar-refractivity contribution in [2.75, 3.05) is 26.2 Å². The number of benzene rings is 1. The fraction of sp³-hybridized carbons (Fsp3) is 0.583. The van der Waals surface area contributed by atoms with Crippen LogP contribution in [-0.4, -0.2) is 92.7 Å². The van der Waals surface area contributed by atoms with Crippen LogP contribution in [-0.2, 0) is 14.4 Å². The van der Waals surface area contributed by atoms with Crippen molar-refractivity contribution in [2.45, 2.75) is 64.3 Å². The van der Waals surface area contributed by atoms with Crippen molar-refractivity contribution < 1.29 is 24.3 Å². The second-order valence-electron chi connectivity index (χ2n) is 9.45. The maximum absolute atomic E-state index is 13.3. The molecule has 2 saturated heterocycles. The summed E-state index contributed by atoms with van der Waals surface area (Å²) in [5, 5.41) is 9.21. The summed E-state index contributed by atoms with van der Waals surface area (Å²) in [4.78, 5) is 57.6. The minimum Gasteiger partial charge on any atom is -0.480 e. The van der Waals surface area contributed by atoms with Gasteiger partial charge in [-0.3, -0.25) is 24.1 Å². The van der Waals surface area contributed by atoms with E-state index in [4.69, 9.17) is 0 Å². The van der Waals surface area contributed by atoms with Crippen molar-refractivity contribution in [1.29, 1.82) is 0 Å². The summed E-state index contributed by atoms with van der Waals surface area (Å²) in [6, 6.07) is 6.84. The van der Waals surface area contributed by atoms with Gasteiger partial charge < -0.3 is 19.8 Å². The first-order chi connectivity index (χ1) is 15.7. The summed E-state index contributed by atoms with van der Waals surface area (Å²) < 4.78 is 0. The molecule has 178 valence electrons. The van der Waals surface area contributed by atoms with Gasteiger partial charge in [0.15, 0.2) is 0 Å². The molecule has 3 aliphatic heterocycles. The Hall–Kier alpha value is -2.94. The molecular weight excluding hydrogens is 424 g/mol.